The van der Waals surface area contributed by atoms with E-state index in [1.165, 1.54) is 11.3 Å². The molecule has 1 aliphatic rings. The number of hydrogen-bond acceptors (Lipinski definition) is 4. The molecule has 1 saturated heterocycles. The molecule has 0 bridgehead atoms. The fourth-order valence-corrected chi connectivity index (χ4v) is 3.96. The number of thiophene rings is 1. The van der Waals surface area contributed by atoms with Gasteiger partial charge in [0.25, 0.3) is 5.91 Å². The Balaban J connectivity index is 1.80. The molecule has 0 spiro atoms. The minimum absolute atomic E-state index is 0.0772. The van der Waals surface area contributed by atoms with Crippen LogP contribution in [0.5, 0.6) is 5.75 Å². The minimum Gasteiger partial charge on any atom is -0.497 e. The van der Waals surface area contributed by atoms with Crippen LogP contribution in [0.3, 0.4) is 0 Å². The molecule has 126 valence electrons. The summed E-state index contributed by atoms with van der Waals surface area (Å²) in [6.45, 7) is 2.79. The summed E-state index contributed by atoms with van der Waals surface area (Å²) in [4.78, 5) is 27.1. The van der Waals surface area contributed by atoms with Gasteiger partial charge in [-0.2, -0.15) is 0 Å². The minimum atomic E-state index is -0.827. The van der Waals surface area contributed by atoms with E-state index in [2.05, 4.69) is 0 Å². The summed E-state index contributed by atoms with van der Waals surface area (Å²) in [5.74, 6) is -0.561. The Morgan fingerprint density at radius 1 is 1.29 bits per heavy atom. The Bertz CT molecular complexity index is 766. The topological polar surface area (TPSA) is 66.8 Å². The smallest absolute Gasteiger partial charge is 0.308 e. The quantitative estimate of drug-likeness (QED) is 0.923. The first-order valence-corrected chi connectivity index (χ1v) is 8.58. The number of hydrogen-bond donors (Lipinski definition) is 1. The van der Waals surface area contributed by atoms with E-state index >= 15 is 0 Å². The summed E-state index contributed by atoms with van der Waals surface area (Å²) >= 11 is 1.45. The van der Waals surface area contributed by atoms with Crippen molar-refractivity contribution in [1.82, 2.24) is 4.90 Å². The lowest BCUT2D eigenvalue weighted by molar-refractivity contribution is -0.141. The average molecular weight is 345 g/mol. The van der Waals surface area contributed by atoms with Gasteiger partial charge in [0.2, 0.25) is 0 Å². The van der Waals surface area contributed by atoms with Crippen molar-refractivity contribution in [1.29, 1.82) is 0 Å². The Kier molecular flexibility index (Phi) is 4.57. The van der Waals surface area contributed by atoms with Crippen molar-refractivity contribution in [2.75, 3.05) is 20.2 Å². The molecule has 1 N–H and O–H groups in total. The average Bonchev–Trinajstić information content (AvgIpc) is 3.21. The van der Waals surface area contributed by atoms with Crippen LogP contribution in [-0.4, -0.2) is 42.1 Å². The summed E-state index contributed by atoms with van der Waals surface area (Å²) in [6.07, 6.45) is 0.525. The second kappa shape index (κ2) is 6.65. The zero-order chi connectivity index (χ0) is 17.3. The first-order valence-electron chi connectivity index (χ1n) is 7.76. The van der Waals surface area contributed by atoms with Gasteiger partial charge in [0.15, 0.2) is 0 Å². The number of ether oxygens (including phenoxy) is 1. The van der Waals surface area contributed by atoms with Crippen LogP contribution < -0.4 is 4.74 Å². The molecule has 1 atom stereocenters. The molecule has 5 nitrogen and oxygen atoms in total. The maximum atomic E-state index is 12.6. The van der Waals surface area contributed by atoms with Gasteiger partial charge in [0.1, 0.15) is 5.75 Å². The van der Waals surface area contributed by atoms with Crippen molar-refractivity contribution in [2.24, 2.45) is 5.92 Å². The number of nitrogens with zero attached hydrogens (tertiary/aromatic N) is 1. The molecule has 0 saturated carbocycles. The third kappa shape index (κ3) is 3.14. The Morgan fingerprint density at radius 3 is 2.58 bits per heavy atom. The van der Waals surface area contributed by atoms with E-state index in [1.54, 1.807) is 12.0 Å². The number of rotatable bonds is 4. The van der Waals surface area contributed by atoms with E-state index in [1.807, 2.05) is 37.3 Å². The number of benzene rings is 1. The molecule has 1 aromatic heterocycles. The van der Waals surface area contributed by atoms with Gasteiger partial charge in [-0.25, -0.2) is 0 Å². The maximum Gasteiger partial charge on any atom is 0.308 e. The highest BCUT2D eigenvalue weighted by molar-refractivity contribution is 7.14. The van der Waals surface area contributed by atoms with Gasteiger partial charge in [-0.1, -0.05) is 12.1 Å². The molecular formula is C18H19NO4S. The standard InChI is InChI=1S/C18H19NO4S/c1-11-15(12-3-5-14(23-2)6-4-12)9-16(24-11)17(20)19-8-7-13(10-19)18(21)22/h3-6,9,13H,7-8,10H2,1-2H3,(H,21,22). The Morgan fingerprint density at radius 2 is 2.00 bits per heavy atom. The summed E-state index contributed by atoms with van der Waals surface area (Å²) < 4.78 is 5.17. The SMILES string of the molecule is COc1ccc(-c2cc(C(=O)N3CCC(C(=O)O)C3)sc2C)cc1. The molecule has 2 aromatic rings. The Labute approximate surface area is 144 Å². The molecule has 1 aliphatic heterocycles. The van der Waals surface area contributed by atoms with Crippen LogP contribution in [-0.2, 0) is 4.79 Å². The van der Waals surface area contributed by atoms with Gasteiger partial charge in [-0.3, -0.25) is 9.59 Å². The van der Waals surface area contributed by atoms with E-state index in [9.17, 15) is 9.59 Å². The second-order valence-corrected chi connectivity index (χ2v) is 7.14. The van der Waals surface area contributed by atoms with Crippen molar-refractivity contribution < 1.29 is 19.4 Å². The van der Waals surface area contributed by atoms with Crippen molar-refractivity contribution in [3.63, 3.8) is 0 Å². The van der Waals surface area contributed by atoms with Crippen LogP contribution in [0.15, 0.2) is 30.3 Å². The summed E-state index contributed by atoms with van der Waals surface area (Å²) in [5.41, 5.74) is 2.06. The monoisotopic (exact) mass is 345 g/mol. The number of amides is 1. The molecule has 6 heteroatoms. The van der Waals surface area contributed by atoms with E-state index in [-0.39, 0.29) is 5.91 Å². The molecule has 0 radical (unpaired) electrons. The van der Waals surface area contributed by atoms with Gasteiger partial charge < -0.3 is 14.7 Å². The molecule has 2 heterocycles. The summed E-state index contributed by atoms with van der Waals surface area (Å²) in [7, 11) is 1.63. The van der Waals surface area contributed by atoms with Gasteiger partial charge in [0, 0.05) is 18.0 Å². The molecule has 1 amide bonds. The van der Waals surface area contributed by atoms with Crippen molar-refractivity contribution in [2.45, 2.75) is 13.3 Å². The predicted octanol–water partition coefficient (Wildman–Crippen LogP) is 3.28. The maximum absolute atomic E-state index is 12.6. The highest BCUT2D eigenvalue weighted by Crippen LogP contribution is 2.33. The van der Waals surface area contributed by atoms with Crippen LogP contribution in [0.2, 0.25) is 0 Å². The van der Waals surface area contributed by atoms with Gasteiger partial charge in [-0.15, -0.1) is 11.3 Å². The molecule has 1 aromatic carbocycles. The number of likely N-dealkylation sites (tertiary alicyclic amines) is 1. The largest absolute Gasteiger partial charge is 0.497 e. The number of carbonyl (C=O) groups excluding carboxylic acids is 1. The van der Waals surface area contributed by atoms with Crippen LogP contribution in [0, 0.1) is 12.8 Å². The summed E-state index contributed by atoms with van der Waals surface area (Å²) in [6, 6.07) is 9.63. The van der Waals surface area contributed by atoms with E-state index in [0.717, 1.165) is 21.8 Å². The zero-order valence-corrected chi connectivity index (χ0v) is 14.4. The van der Waals surface area contributed by atoms with Gasteiger partial charge in [0.05, 0.1) is 17.9 Å². The molecular weight excluding hydrogens is 326 g/mol. The number of methoxy groups -OCH3 is 1. The first kappa shape index (κ1) is 16.5. The number of aryl methyl sites for hydroxylation is 1. The van der Waals surface area contributed by atoms with Crippen molar-refractivity contribution in [3.8, 4) is 16.9 Å². The van der Waals surface area contributed by atoms with Gasteiger partial charge >= 0.3 is 5.97 Å². The zero-order valence-electron chi connectivity index (χ0n) is 13.6. The molecule has 3 rings (SSSR count). The lowest BCUT2D eigenvalue weighted by Crippen LogP contribution is -2.29. The molecule has 0 aliphatic carbocycles. The second-order valence-electron chi connectivity index (χ2n) is 5.88. The number of carbonyl (C=O) groups is 2. The highest BCUT2D eigenvalue weighted by Gasteiger charge is 2.32. The lowest BCUT2D eigenvalue weighted by Gasteiger charge is -2.14. The molecule has 1 unspecified atom stereocenters. The van der Waals surface area contributed by atoms with E-state index in [0.29, 0.717) is 24.4 Å². The number of aliphatic carboxylic acids is 1. The summed E-state index contributed by atoms with van der Waals surface area (Å²) in [5, 5.41) is 9.08. The Hall–Kier alpha value is -2.34. The third-order valence-corrected chi connectivity index (χ3v) is 5.39. The van der Waals surface area contributed by atoms with E-state index in [4.69, 9.17) is 9.84 Å². The van der Waals surface area contributed by atoms with Gasteiger partial charge in [-0.05, 0) is 42.7 Å². The fourth-order valence-electron chi connectivity index (χ4n) is 2.95. The fraction of sp³-hybridized carbons (Fsp3) is 0.333. The van der Waals surface area contributed by atoms with E-state index < -0.39 is 11.9 Å². The lowest BCUT2D eigenvalue weighted by atomic mass is 10.1. The predicted molar refractivity (Wildman–Crippen MR) is 92.7 cm³/mol. The van der Waals surface area contributed by atoms with Crippen molar-refractivity contribution in [3.05, 3.63) is 40.1 Å². The number of carboxylic acids is 1. The normalized spacial score (nSPS) is 17.1. The van der Waals surface area contributed by atoms with Crippen molar-refractivity contribution >= 4 is 23.2 Å². The third-order valence-electron chi connectivity index (χ3n) is 4.35. The van der Waals surface area contributed by atoms with Crippen LogP contribution in [0.1, 0.15) is 21.0 Å². The highest BCUT2D eigenvalue weighted by atomic mass is 32.1. The molecule has 24 heavy (non-hydrogen) atoms. The number of carboxylic acid groups (broad SMARTS) is 1. The van der Waals surface area contributed by atoms with Crippen LogP contribution in [0.25, 0.3) is 11.1 Å². The first-order chi connectivity index (χ1) is 11.5. The van der Waals surface area contributed by atoms with Crippen LogP contribution in [0.4, 0.5) is 0 Å². The van der Waals surface area contributed by atoms with Crippen LogP contribution >= 0.6 is 11.3 Å². The molecule has 1 fully saturated rings.